The van der Waals surface area contributed by atoms with Crippen molar-refractivity contribution in [1.29, 1.82) is 5.26 Å². The summed E-state index contributed by atoms with van der Waals surface area (Å²) < 4.78 is 26.3. The van der Waals surface area contributed by atoms with Crippen LogP contribution in [0.2, 0.25) is 0 Å². The molecule has 31 heavy (non-hydrogen) atoms. The molecule has 3 aromatic carbocycles. The van der Waals surface area contributed by atoms with E-state index < -0.39 is 0 Å². The van der Waals surface area contributed by atoms with Crippen molar-refractivity contribution in [2.24, 2.45) is 5.16 Å². The van der Waals surface area contributed by atoms with Gasteiger partial charge in [0.25, 0.3) is 0 Å². The zero-order chi connectivity index (χ0) is 22.1. The van der Waals surface area contributed by atoms with Gasteiger partial charge in [0.2, 0.25) is 0 Å². The van der Waals surface area contributed by atoms with Gasteiger partial charge in [-0.3, -0.25) is 0 Å². The highest BCUT2D eigenvalue weighted by atomic mass is 127. The fourth-order valence-corrected chi connectivity index (χ4v) is 3.57. The van der Waals surface area contributed by atoms with E-state index in [1.54, 1.807) is 42.6 Å². The Morgan fingerprint density at radius 1 is 1.03 bits per heavy atom. The Kier molecular flexibility index (Phi) is 8.24. The Morgan fingerprint density at radius 2 is 1.77 bits per heavy atom. The topological polar surface area (TPSA) is 63.8 Å². The molecular formula is C24H20FIN2O3. The van der Waals surface area contributed by atoms with Gasteiger partial charge in [0, 0.05) is 16.7 Å². The Morgan fingerprint density at radius 3 is 2.52 bits per heavy atom. The molecule has 0 aliphatic carbocycles. The van der Waals surface area contributed by atoms with Crippen molar-refractivity contribution in [3.63, 3.8) is 0 Å². The highest BCUT2D eigenvalue weighted by molar-refractivity contribution is 14.1. The fraction of sp³-hybridized carbons (Fsp3) is 0.167. The molecule has 0 aliphatic heterocycles. The lowest BCUT2D eigenvalue weighted by molar-refractivity contribution is 0.132. The molecule has 0 unspecified atom stereocenters. The standard InChI is InChI=1S/C24H20FIN2O3/c1-2-29-23-12-17(14-28-31-16-19-8-4-3-7-18(19)13-27)11-22(26)24(23)30-15-20-9-5-6-10-21(20)25/h3-12,14H,2,15-16H2,1H3/b28-14-. The maximum Gasteiger partial charge on any atom is 0.175 e. The smallest absolute Gasteiger partial charge is 0.175 e. The van der Waals surface area contributed by atoms with E-state index in [4.69, 9.17) is 19.6 Å². The molecule has 0 spiro atoms. The summed E-state index contributed by atoms with van der Waals surface area (Å²) >= 11 is 2.15. The van der Waals surface area contributed by atoms with Gasteiger partial charge < -0.3 is 14.3 Å². The van der Waals surface area contributed by atoms with E-state index >= 15 is 0 Å². The molecule has 0 aromatic heterocycles. The minimum atomic E-state index is -0.311. The number of benzene rings is 3. The van der Waals surface area contributed by atoms with E-state index in [0.717, 1.165) is 14.7 Å². The van der Waals surface area contributed by atoms with Gasteiger partial charge in [-0.1, -0.05) is 41.6 Å². The number of ether oxygens (including phenoxy) is 2. The van der Waals surface area contributed by atoms with Crippen LogP contribution in [0.5, 0.6) is 11.5 Å². The first-order valence-electron chi connectivity index (χ1n) is 9.58. The molecule has 0 N–H and O–H groups in total. The van der Waals surface area contributed by atoms with Crippen molar-refractivity contribution < 1.29 is 18.7 Å². The molecule has 0 aliphatic rings. The van der Waals surface area contributed by atoms with Crippen LogP contribution in [-0.4, -0.2) is 12.8 Å². The zero-order valence-electron chi connectivity index (χ0n) is 16.8. The summed E-state index contributed by atoms with van der Waals surface area (Å²) in [6.07, 6.45) is 1.57. The summed E-state index contributed by atoms with van der Waals surface area (Å²) in [5.41, 5.74) is 2.56. The highest BCUT2D eigenvalue weighted by Crippen LogP contribution is 2.34. The second-order valence-electron chi connectivity index (χ2n) is 6.42. The Hall–Kier alpha value is -3.12. The molecule has 3 rings (SSSR count). The van der Waals surface area contributed by atoms with Gasteiger partial charge in [-0.25, -0.2) is 4.39 Å². The molecule has 0 saturated carbocycles. The highest BCUT2D eigenvalue weighted by Gasteiger charge is 2.13. The molecule has 7 heteroatoms. The second-order valence-corrected chi connectivity index (χ2v) is 7.58. The Labute approximate surface area is 194 Å². The number of hydrogen-bond donors (Lipinski definition) is 0. The number of rotatable bonds is 9. The van der Waals surface area contributed by atoms with E-state index in [1.807, 2.05) is 25.1 Å². The summed E-state index contributed by atoms with van der Waals surface area (Å²) in [6.45, 7) is 2.62. The number of hydrogen-bond acceptors (Lipinski definition) is 5. The van der Waals surface area contributed by atoms with Crippen LogP contribution < -0.4 is 9.47 Å². The van der Waals surface area contributed by atoms with Gasteiger partial charge >= 0.3 is 0 Å². The molecule has 0 fully saturated rings. The van der Waals surface area contributed by atoms with Crippen LogP contribution in [0.15, 0.2) is 65.8 Å². The number of nitrogens with zero attached hydrogens (tertiary/aromatic N) is 2. The van der Waals surface area contributed by atoms with Crippen LogP contribution in [0.1, 0.15) is 29.2 Å². The summed E-state index contributed by atoms with van der Waals surface area (Å²) in [5, 5.41) is 13.1. The molecule has 3 aromatic rings. The molecule has 0 atom stereocenters. The molecule has 0 heterocycles. The maximum absolute atomic E-state index is 13.9. The van der Waals surface area contributed by atoms with Crippen molar-refractivity contribution in [2.45, 2.75) is 20.1 Å². The van der Waals surface area contributed by atoms with Gasteiger partial charge in [-0.15, -0.1) is 0 Å². The number of nitriles is 1. The second kappa shape index (κ2) is 11.3. The summed E-state index contributed by atoms with van der Waals surface area (Å²) in [5.74, 6) is 0.781. The van der Waals surface area contributed by atoms with Gasteiger partial charge in [0.05, 0.1) is 28.0 Å². The van der Waals surface area contributed by atoms with E-state index in [-0.39, 0.29) is 19.0 Å². The predicted molar refractivity (Wildman–Crippen MR) is 125 cm³/mol. The van der Waals surface area contributed by atoms with E-state index in [2.05, 4.69) is 33.8 Å². The SMILES string of the molecule is CCOc1cc(/C=N\OCc2ccccc2C#N)cc(I)c1OCc1ccccc1F. The number of oxime groups is 1. The first-order valence-corrected chi connectivity index (χ1v) is 10.7. The third-order valence-electron chi connectivity index (χ3n) is 4.30. The van der Waals surface area contributed by atoms with E-state index in [9.17, 15) is 4.39 Å². The van der Waals surface area contributed by atoms with Crippen molar-refractivity contribution in [1.82, 2.24) is 0 Å². The minimum absolute atomic E-state index is 0.0948. The van der Waals surface area contributed by atoms with Crippen LogP contribution in [0.25, 0.3) is 0 Å². The monoisotopic (exact) mass is 530 g/mol. The van der Waals surface area contributed by atoms with Crippen LogP contribution in [0, 0.1) is 20.7 Å². The molecule has 0 radical (unpaired) electrons. The third-order valence-corrected chi connectivity index (χ3v) is 5.10. The predicted octanol–water partition coefficient (Wildman–Crippen LogP) is 5.83. The first kappa shape index (κ1) is 22.6. The fourth-order valence-electron chi connectivity index (χ4n) is 2.79. The van der Waals surface area contributed by atoms with Crippen molar-refractivity contribution in [2.75, 3.05) is 6.61 Å². The molecule has 0 amide bonds. The van der Waals surface area contributed by atoms with Gasteiger partial charge in [-0.2, -0.15) is 5.26 Å². The Bertz CT molecular complexity index is 1110. The zero-order valence-corrected chi connectivity index (χ0v) is 19.0. The number of halogens is 2. The quantitative estimate of drug-likeness (QED) is 0.199. The lowest BCUT2D eigenvalue weighted by atomic mass is 10.1. The average molecular weight is 530 g/mol. The lowest BCUT2D eigenvalue weighted by Gasteiger charge is -2.15. The molecule has 158 valence electrons. The van der Waals surface area contributed by atoms with Crippen molar-refractivity contribution in [3.8, 4) is 17.6 Å². The molecule has 5 nitrogen and oxygen atoms in total. The van der Waals surface area contributed by atoms with Crippen LogP contribution in [0.4, 0.5) is 4.39 Å². The van der Waals surface area contributed by atoms with Gasteiger partial charge in [-0.05, 0) is 53.8 Å². The molecular weight excluding hydrogens is 510 g/mol. The van der Waals surface area contributed by atoms with Crippen LogP contribution in [0.3, 0.4) is 0 Å². The minimum Gasteiger partial charge on any atom is -0.490 e. The van der Waals surface area contributed by atoms with Crippen LogP contribution in [-0.2, 0) is 18.1 Å². The molecule has 0 bridgehead atoms. The summed E-state index contributed by atoms with van der Waals surface area (Å²) in [4.78, 5) is 5.36. The lowest BCUT2D eigenvalue weighted by Crippen LogP contribution is -2.03. The summed E-state index contributed by atoms with van der Waals surface area (Å²) in [7, 11) is 0. The van der Waals surface area contributed by atoms with E-state index in [1.165, 1.54) is 6.07 Å². The molecule has 0 saturated heterocycles. The first-order chi connectivity index (χ1) is 15.1. The van der Waals surface area contributed by atoms with E-state index in [0.29, 0.717) is 29.2 Å². The average Bonchev–Trinajstić information content (AvgIpc) is 2.77. The van der Waals surface area contributed by atoms with Crippen molar-refractivity contribution >= 4 is 28.8 Å². The van der Waals surface area contributed by atoms with Crippen LogP contribution >= 0.6 is 22.6 Å². The normalized spacial score (nSPS) is 10.6. The van der Waals surface area contributed by atoms with Gasteiger partial charge in [0.1, 0.15) is 19.0 Å². The third kappa shape index (κ3) is 6.18. The largest absolute Gasteiger partial charge is 0.490 e. The van der Waals surface area contributed by atoms with Gasteiger partial charge in [0.15, 0.2) is 11.5 Å². The Balaban J connectivity index is 1.71. The van der Waals surface area contributed by atoms with Crippen molar-refractivity contribution in [3.05, 3.63) is 92.3 Å². The maximum atomic E-state index is 13.9. The summed E-state index contributed by atoms with van der Waals surface area (Å²) in [6, 6.07) is 19.5.